The largest absolute Gasteiger partial charge is 0.372 e. The SMILES string of the molecule is CNc1cncc(C2CCCN2C(=O)c2ccc(C)s2)n1. The van der Waals surface area contributed by atoms with Crippen LogP contribution in [0.1, 0.15) is 39.1 Å². The maximum absolute atomic E-state index is 12.7. The summed E-state index contributed by atoms with van der Waals surface area (Å²) in [6.45, 7) is 2.80. The lowest BCUT2D eigenvalue weighted by Crippen LogP contribution is -2.30. The minimum Gasteiger partial charge on any atom is -0.372 e. The number of likely N-dealkylation sites (tertiary alicyclic amines) is 1. The molecule has 1 saturated heterocycles. The second kappa shape index (κ2) is 5.81. The molecule has 1 unspecified atom stereocenters. The minimum absolute atomic E-state index is 0.0284. The van der Waals surface area contributed by atoms with Gasteiger partial charge in [0, 0.05) is 18.5 Å². The molecule has 0 saturated carbocycles. The number of anilines is 1. The number of carbonyl (C=O) groups is 1. The molecule has 0 bridgehead atoms. The number of aromatic nitrogens is 2. The van der Waals surface area contributed by atoms with E-state index in [1.54, 1.807) is 23.7 Å². The number of hydrogen-bond donors (Lipinski definition) is 1. The van der Waals surface area contributed by atoms with Crippen LogP contribution in [0.15, 0.2) is 24.5 Å². The molecule has 21 heavy (non-hydrogen) atoms. The lowest BCUT2D eigenvalue weighted by atomic mass is 10.1. The van der Waals surface area contributed by atoms with E-state index in [9.17, 15) is 4.79 Å². The molecule has 3 rings (SSSR count). The van der Waals surface area contributed by atoms with Gasteiger partial charge in [0.05, 0.1) is 29.0 Å². The molecule has 0 aromatic carbocycles. The van der Waals surface area contributed by atoms with E-state index in [-0.39, 0.29) is 11.9 Å². The van der Waals surface area contributed by atoms with E-state index >= 15 is 0 Å². The average molecular weight is 302 g/mol. The summed E-state index contributed by atoms with van der Waals surface area (Å²) in [5, 5.41) is 2.99. The van der Waals surface area contributed by atoms with Gasteiger partial charge < -0.3 is 10.2 Å². The molecule has 1 atom stereocenters. The fourth-order valence-electron chi connectivity index (χ4n) is 2.67. The van der Waals surface area contributed by atoms with Crippen LogP contribution in [0, 0.1) is 6.92 Å². The molecule has 1 N–H and O–H groups in total. The second-order valence-corrected chi connectivity index (χ2v) is 6.43. The third-order valence-corrected chi connectivity index (χ3v) is 4.70. The molecule has 110 valence electrons. The molecule has 1 fully saturated rings. The van der Waals surface area contributed by atoms with Gasteiger partial charge in [-0.05, 0) is 31.9 Å². The van der Waals surface area contributed by atoms with E-state index < -0.39 is 0 Å². The van der Waals surface area contributed by atoms with E-state index in [4.69, 9.17) is 0 Å². The number of carbonyl (C=O) groups excluding carboxylic acids is 1. The summed E-state index contributed by atoms with van der Waals surface area (Å²) >= 11 is 1.55. The fraction of sp³-hybridized carbons (Fsp3) is 0.400. The lowest BCUT2D eigenvalue weighted by molar-refractivity contribution is 0.0737. The summed E-state index contributed by atoms with van der Waals surface area (Å²) in [7, 11) is 1.82. The Labute approximate surface area is 128 Å². The lowest BCUT2D eigenvalue weighted by Gasteiger charge is -2.23. The molecular formula is C15H18N4OS. The van der Waals surface area contributed by atoms with Crippen LogP contribution in [0.4, 0.5) is 5.82 Å². The van der Waals surface area contributed by atoms with Crippen molar-refractivity contribution in [3.63, 3.8) is 0 Å². The topological polar surface area (TPSA) is 58.1 Å². The van der Waals surface area contributed by atoms with Crippen LogP contribution in [-0.2, 0) is 0 Å². The maximum Gasteiger partial charge on any atom is 0.264 e. The Morgan fingerprint density at radius 3 is 3.00 bits per heavy atom. The Kier molecular flexibility index (Phi) is 3.88. The number of thiophene rings is 1. The van der Waals surface area contributed by atoms with Crippen LogP contribution in [0.2, 0.25) is 0 Å². The Morgan fingerprint density at radius 2 is 2.29 bits per heavy atom. The third-order valence-electron chi connectivity index (χ3n) is 3.72. The van der Waals surface area contributed by atoms with E-state index in [0.717, 1.165) is 40.7 Å². The van der Waals surface area contributed by atoms with Gasteiger partial charge in [0.2, 0.25) is 0 Å². The van der Waals surface area contributed by atoms with Crippen LogP contribution in [0.5, 0.6) is 0 Å². The number of aryl methyl sites for hydroxylation is 1. The van der Waals surface area contributed by atoms with E-state index in [0.29, 0.717) is 0 Å². The molecule has 0 radical (unpaired) electrons. The van der Waals surface area contributed by atoms with Crippen molar-refractivity contribution in [2.24, 2.45) is 0 Å². The molecule has 1 aliphatic rings. The van der Waals surface area contributed by atoms with Gasteiger partial charge in [-0.25, -0.2) is 4.98 Å². The molecule has 0 aliphatic carbocycles. The Balaban J connectivity index is 1.86. The number of rotatable bonds is 3. The van der Waals surface area contributed by atoms with Gasteiger partial charge >= 0.3 is 0 Å². The van der Waals surface area contributed by atoms with Crippen LogP contribution in [-0.4, -0.2) is 34.4 Å². The third kappa shape index (κ3) is 2.76. The molecular weight excluding hydrogens is 284 g/mol. The van der Waals surface area contributed by atoms with Crippen LogP contribution in [0.25, 0.3) is 0 Å². The van der Waals surface area contributed by atoms with Crippen molar-refractivity contribution in [3.8, 4) is 0 Å². The van der Waals surface area contributed by atoms with E-state index in [2.05, 4.69) is 15.3 Å². The summed E-state index contributed by atoms with van der Waals surface area (Å²) in [4.78, 5) is 25.3. The van der Waals surface area contributed by atoms with Gasteiger partial charge in [0.15, 0.2) is 0 Å². The van der Waals surface area contributed by atoms with Gasteiger partial charge in [-0.15, -0.1) is 11.3 Å². The van der Waals surface area contributed by atoms with Crippen LogP contribution in [0.3, 0.4) is 0 Å². The normalized spacial score (nSPS) is 18.0. The average Bonchev–Trinajstić information content (AvgIpc) is 3.15. The molecule has 3 heterocycles. The van der Waals surface area contributed by atoms with Gasteiger partial charge in [0.25, 0.3) is 5.91 Å². The minimum atomic E-state index is 0.0284. The molecule has 6 heteroatoms. The van der Waals surface area contributed by atoms with E-state index in [1.165, 1.54) is 0 Å². The van der Waals surface area contributed by atoms with E-state index in [1.807, 2.05) is 31.0 Å². The first-order valence-electron chi connectivity index (χ1n) is 7.06. The highest BCUT2D eigenvalue weighted by molar-refractivity contribution is 7.13. The van der Waals surface area contributed by atoms with Crippen molar-refractivity contribution in [1.29, 1.82) is 0 Å². The molecule has 2 aromatic rings. The number of amides is 1. The van der Waals surface area contributed by atoms with Crippen molar-refractivity contribution in [1.82, 2.24) is 14.9 Å². The van der Waals surface area contributed by atoms with Crippen molar-refractivity contribution in [2.45, 2.75) is 25.8 Å². The summed E-state index contributed by atoms with van der Waals surface area (Å²) in [5.74, 6) is 0.839. The quantitative estimate of drug-likeness (QED) is 0.947. The fourth-order valence-corrected chi connectivity index (χ4v) is 3.49. The number of nitrogens with zero attached hydrogens (tertiary/aromatic N) is 3. The molecule has 2 aromatic heterocycles. The highest BCUT2D eigenvalue weighted by Crippen LogP contribution is 2.33. The Hall–Kier alpha value is -1.95. The summed E-state index contributed by atoms with van der Waals surface area (Å²) in [6, 6.07) is 3.93. The van der Waals surface area contributed by atoms with Crippen molar-refractivity contribution in [2.75, 3.05) is 18.9 Å². The van der Waals surface area contributed by atoms with Gasteiger partial charge in [-0.3, -0.25) is 9.78 Å². The first-order valence-corrected chi connectivity index (χ1v) is 7.88. The maximum atomic E-state index is 12.7. The molecule has 0 spiro atoms. The highest BCUT2D eigenvalue weighted by atomic mass is 32.1. The Morgan fingerprint density at radius 1 is 1.43 bits per heavy atom. The summed E-state index contributed by atoms with van der Waals surface area (Å²) in [6.07, 6.45) is 5.40. The van der Waals surface area contributed by atoms with Crippen molar-refractivity contribution >= 4 is 23.1 Å². The second-order valence-electron chi connectivity index (χ2n) is 5.15. The van der Waals surface area contributed by atoms with Crippen molar-refractivity contribution < 1.29 is 4.79 Å². The number of nitrogens with one attached hydrogen (secondary N) is 1. The number of hydrogen-bond acceptors (Lipinski definition) is 5. The first kappa shape index (κ1) is 14.0. The summed E-state index contributed by atoms with van der Waals surface area (Å²) in [5.41, 5.74) is 0.862. The van der Waals surface area contributed by atoms with Crippen LogP contribution < -0.4 is 5.32 Å². The smallest absolute Gasteiger partial charge is 0.264 e. The molecule has 5 nitrogen and oxygen atoms in total. The molecule has 1 amide bonds. The zero-order chi connectivity index (χ0) is 14.8. The highest BCUT2D eigenvalue weighted by Gasteiger charge is 2.32. The zero-order valence-electron chi connectivity index (χ0n) is 12.2. The predicted octanol–water partition coefficient (Wildman–Crippen LogP) is 2.87. The standard InChI is InChI=1S/C15H18N4OS/c1-10-5-6-13(21-10)15(20)19-7-3-4-12(19)11-8-17-9-14(16-2)18-11/h5-6,8-9,12H,3-4,7H2,1-2H3,(H,16,18). The summed E-state index contributed by atoms with van der Waals surface area (Å²) < 4.78 is 0. The van der Waals surface area contributed by atoms with Crippen molar-refractivity contribution in [3.05, 3.63) is 40.0 Å². The van der Waals surface area contributed by atoms with Gasteiger partial charge in [-0.1, -0.05) is 0 Å². The zero-order valence-corrected chi connectivity index (χ0v) is 13.0. The Bertz CT molecular complexity index is 655. The predicted molar refractivity (Wildman–Crippen MR) is 83.6 cm³/mol. The monoisotopic (exact) mass is 302 g/mol. The molecule has 1 aliphatic heterocycles. The van der Waals surface area contributed by atoms with Gasteiger partial charge in [0.1, 0.15) is 5.82 Å². The van der Waals surface area contributed by atoms with Gasteiger partial charge in [-0.2, -0.15) is 0 Å². The first-order chi connectivity index (χ1) is 10.2. The van der Waals surface area contributed by atoms with Crippen LogP contribution >= 0.6 is 11.3 Å².